The summed E-state index contributed by atoms with van der Waals surface area (Å²) in [5, 5.41) is 7.25. The highest BCUT2D eigenvalue weighted by Crippen LogP contribution is 2.30. The van der Waals surface area contributed by atoms with Gasteiger partial charge in [0, 0.05) is 12.1 Å². The fourth-order valence-electron chi connectivity index (χ4n) is 3.14. The standard InChI is InChI=1S/C22H20N4O5S/c1-13-10-19(25-31-13)24-20(27)12-32-22-23-16-7-5-4-6-15(16)21(28)26(22)14-8-9-17(29-2)18(11-14)30-3/h4-11H,12H2,1-3H3,(H,24,25,27). The number of hydrogen-bond acceptors (Lipinski definition) is 8. The van der Waals surface area contributed by atoms with E-state index in [1.165, 1.54) is 18.8 Å². The van der Waals surface area contributed by atoms with Crippen LogP contribution >= 0.6 is 11.8 Å². The molecule has 2 aromatic carbocycles. The summed E-state index contributed by atoms with van der Waals surface area (Å²) in [6, 6.07) is 13.8. The van der Waals surface area contributed by atoms with Crippen LogP contribution in [0.1, 0.15) is 5.76 Å². The zero-order chi connectivity index (χ0) is 22.7. The van der Waals surface area contributed by atoms with Gasteiger partial charge in [-0.1, -0.05) is 29.1 Å². The number of fused-ring (bicyclic) bond motifs is 1. The van der Waals surface area contributed by atoms with Crippen LogP contribution in [0.3, 0.4) is 0 Å². The van der Waals surface area contributed by atoms with Crippen molar-refractivity contribution in [2.24, 2.45) is 0 Å². The molecule has 164 valence electrons. The number of thioether (sulfide) groups is 1. The van der Waals surface area contributed by atoms with Crippen molar-refractivity contribution in [2.45, 2.75) is 12.1 Å². The van der Waals surface area contributed by atoms with Gasteiger partial charge in [0.25, 0.3) is 5.56 Å². The minimum absolute atomic E-state index is 0.0178. The Kier molecular flexibility index (Phi) is 6.13. The number of carbonyl (C=O) groups excluding carboxylic acids is 1. The van der Waals surface area contributed by atoms with E-state index in [1.54, 1.807) is 49.4 Å². The van der Waals surface area contributed by atoms with Crippen molar-refractivity contribution in [2.75, 3.05) is 25.3 Å². The van der Waals surface area contributed by atoms with E-state index in [2.05, 4.69) is 15.5 Å². The summed E-state index contributed by atoms with van der Waals surface area (Å²) < 4.78 is 17.1. The number of carbonyl (C=O) groups is 1. The molecule has 2 aromatic heterocycles. The minimum atomic E-state index is -0.301. The number of aromatic nitrogens is 3. The van der Waals surface area contributed by atoms with Gasteiger partial charge in [0.15, 0.2) is 22.5 Å². The van der Waals surface area contributed by atoms with Crippen molar-refractivity contribution >= 4 is 34.4 Å². The Morgan fingerprint density at radius 3 is 2.62 bits per heavy atom. The summed E-state index contributed by atoms with van der Waals surface area (Å²) in [5.41, 5.74) is 0.836. The van der Waals surface area contributed by atoms with Gasteiger partial charge >= 0.3 is 0 Å². The second-order valence-corrected chi connectivity index (χ2v) is 7.69. The number of para-hydroxylation sites is 1. The van der Waals surface area contributed by atoms with E-state index < -0.39 is 0 Å². The van der Waals surface area contributed by atoms with Crippen LogP contribution in [0.2, 0.25) is 0 Å². The molecule has 0 aliphatic rings. The van der Waals surface area contributed by atoms with Gasteiger partial charge in [-0.25, -0.2) is 4.98 Å². The van der Waals surface area contributed by atoms with Crippen LogP contribution in [0.4, 0.5) is 5.82 Å². The summed E-state index contributed by atoms with van der Waals surface area (Å²) in [7, 11) is 3.06. The Bertz CT molecular complexity index is 1350. The van der Waals surface area contributed by atoms with Gasteiger partial charge in [-0.3, -0.25) is 14.2 Å². The van der Waals surface area contributed by atoms with Crippen molar-refractivity contribution in [3.8, 4) is 17.2 Å². The summed E-state index contributed by atoms with van der Waals surface area (Å²) in [6.45, 7) is 1.73. The molecule has 1 amide bonds. The molecule has 0 radical (unpaired) electrons. The van der Waals surface area contributed by atoms with Crippen molar-refractivity contribution in [3.63, 3.8) is 0 Å². The molecule has 0 spiro atoms. The van der Waals surface area contributed by atoms with E-state index in [-0.39, 0.29) is 17.2 Å². The number of benzene rings is 2. The number of nitrogens with one attached hydrogen (secondary N) is 1. The first kappa shape index (κ1) is 21.4. The number of anilines is 1. The van der Waals surface area contributed by atoms with Crippen LogP contribution in [0.15, 0.2) is 63.0 Å². The maximum Gasteiger partial charge on any atom is 0.266 e. The Labute approximate surface area is 187 Å². The van der Waals surface area contributed by atoms with Gasteiger partial charge in [0.05, 0.1) is 36.6 Å². The molecular weight excluding hydrogens is 432 g/mol. The molecule has 1 N–H and O–H groups in total. The molecule has 0 saturated heterocycles. The Morgan fingerprint density at radius 1 is 1.12 bits per heavy atom. The third-order valence-electron chi connectivity index (χ3n) is 4.60. The smallest absolute Gasteiger partial charge is 0.266 e. The zero-order valence-corrected chi connectivity index (χ0v) is 18.4. The summed E-state index contributed by atoms with van der Waals surface area (Å²) in [4.78, 5) is 30.4. The number of amides is 1. The first-order valence-corrected chi connectivity index (χ1v) is 10.6. The van der Waals surface area contributed by atoms with Gasteiger partial charge in [-0.2, -0.15) is 0 Å². The van der Waals surface area contributed by atoms with Crippen LogP contribution in [-0.2, 0) is 4.79 Å². The van der Waals surface area contributed by atoms with Crippen LogP contribution < -0.4 is 20.3 Å². The fraction of sp³-hybridized carbons (Fsp3) is 0.182. The maximum atomic E-state index is 13.4. The predicted octanol–water partition coefficient (Wildman–Crippen LogP) is 3.43. The summed E-state index contributed by atoms with van der Waals surface area (Å²) in [6.07, 6.45) is 0. The molecular formula is C22H20N4O5S. The van der Waals surface area contributed by atoms with Crippen LogP contribution in [-0.4, -0.2) is 40.6 Å². The van der Waals surface area contributed by atoms with Gasteiger partial charge < -0.3 is 19.3 Å². The SMILES string of the molecule is COc1ccc(-n2c(SCC(=O)Nc3cc(C)on3)nc3ccccc3c2=O)cc1OC. The first-order chi connectivity index (χ1) is 15.5. The monoisotopic (exact) mass is 452 g/mol. The van der Waals surface area contributed by atoms with Crippen LogP contribution in [0.5, 0.6) is 11.5 Å². The molecule has 4 rings (SSSR count). The lowest BCUT2D eigenvalue weighted by Crippen LogP contribution is -2.23. The number of hydrogen-bond donors (Lipinski definition) is 1. The van der Waals surface area contributed by atoms with E-state index >= 15 is 0 Å². The first-order valence-electron chi connectivity index (χ1n) is 9.60. The normalized spacial score (nSPS) is 10.8. The molecule has 0 aliphatic carbocycles. The lowest BCUT2D eigenvalue weighted by Gasteiger charge is -2.15. The average molecular weight is 452 g/mol. The highest BCUT2D eigenvalue weighted by Gasteiger charge is 2.17. The van der Waals surface area contributed by atoms with E-state index in [0.717, 1.165) is 11.8 Å². The maximum absolute atomic E-state index is 13.4. The van der Waals surface area contributed by atoms with E-state index in [4.69, 9.17) is 14.0 Å². The number of ether oxygens (including phenoxy) is 2. The third kappa shape index (κ3) is 4.30. The third-order valence-corrected chi connectivity index (χ3v) is 5.54. The predicted molar refractivity (Wildman–Crippen MR) is 121 cm³/mol. The summed E-state index contributed by atoms with van der Waals surface area (Å²) in [5.74, 6) is 1.65. The van der Waals surface area contributed by atoms with Crippen LogP contribution in [0.25, 0.3) is 16.6 Å². The average Bonchev–Trinajstić information content (AvgIpc) is 3.21. The zero-order valence-electron chi connectivity index (χ0n) is 17.6. The number of aryl methyl sites for hydroxylation is 1. The molecule has 0 fully saturated rings. The Balaban J connectivity index is 1.72. The molecule has 2 heterocycles. The quantitative estimate of drug-likeness (QED) is 0.336. The molecule has 10 heteroatoms. The highest BCUT2D eigenvalue weighted by atomic mass is 32.2. The van der Waals surface area contributed by atoms with E-state index in [1.807, 2.05) is 6.07 Å². The molecule has 0 atom stereocenters. The summed E-state index contributed by atoms with van der Waals surface area (Å²) >= 11 is 1.14. The van der Waals surface area contributed by atoms with E-state index in [9.17, 15) is 9.59 Å². The second kappa shape index (κ2) is 9.15. The largest absolute Gasteiger partial charge is 0.493 e. The van der Waals surface area contributed by atoms with Crippen molar-refractivity contribution < 1.29 is 18.8 Å². The van der Waals surface area contributed by atoms with Gasteiger partial charge in [-0.15, -0.1) is 0 Å². The molecule has 0 unspecified atom stereocenters. The lowest BCUT2D eigenvalue weighted by molar-refractivity contribution is -0.113. The Morgan fingerprint density at radius 2 is 1.91 bits per heavy atom. The topological polar surface area (TPSA) is 108 Å². The minimum Gasteiger partial charge on any atom is -0.493 e. The molecule has 0 aliphatic heterocycles. The van der Waals surface area contributed by atoms with Crippen molar-refractivity contribution in [3.05, 3.63) is 64.6 Å². The van der Waals surface area contributed by atoms with Crippen LogP contribution in [0, 0.1) is 6.92 Å². The van der Waals surface area contributed by atoms with Gasteiger partial charge in [0.1, 0.15) is 5.76 Å². The fourth-order valence-corrected chi connectivity index (χ4v) is 3.95. The highest BCUT2D eigenvalue weighted by molar-refractivity contribution is 7.99. The number of nitrogens with zero attached hydrogens (tertiary/aromatic N) is 3. The van der Waals surface area contributed by atoms with E-state index in [0.29, 0.717) is 44.8 Å². The number of rotatable bonds is 7. The lowest BCUT2D eigenvalue weighted by atomic mass is 10.2. The molecule has 0 saturated carbocycles. The molecule has 0 bridgehead atoms. The van der Waals surface area contributed by atoms with Gasteiger partial charge in [0.2, 0.25) is 5.91 Å². The molecule has 4 aromatic rings. The molecule has 9 nitrogen and oxygen atoms in total. The van der Waals surface area contributed by atoms with Crippen molar-refractivity contribution in [1.29, 1.82) is 0 Å². The second-order valence-electron chi connectivity index (χ2n) is 6.75. The van der Waals surface area contributed by atoms with Crippen molar-refractivity contribution in [1.82, 2.24) is 14.7 Å². The van der Waals surface area contributed by atoms with Gasteiger partial charge in [-0.05, 0) is 31.2 Å². The Hall–Kier alpha value is -3.79. The number of methoxy groups -OCH3 is 2. The molecule has 32 heavy (non-hydrogen) atoms.